The average Bonchev–Trinajstić information content (AvgIpc) is 2.86. The van der Waals surface area contributed by atoms with Crippen LogP contribution in [0, 0.1) is 0 Å². The van der Waals surface area contributed by atoms with Crippen molar-refractivity contribution in [1.29, 1.82) is 0 Å². The summed E-state index contributed by atoms with van der Waals surface area (Å²) in [6.45, 7) is 2.54. The molecule has 0 unspecified atom stereocenters. The third-order valence-corrected chi connectivity index (χ3v) is 3.15. The Labute approximate surface area is 120 Å². The lowest BCUT2D eigenvalue weighted by Crippen LogP contribution is -2.22. The van der Waals surface area contributed by atoms with Crippen LogP contribution in [-0.2, 0) is 11.2 Å². The van der Waals surface area contributed by atoms with E-state index in [1.165, 1.54) is 0 Å². The van der Waals surface area contributed by atoms with Gasteiger partial charge < -0.3 is 9.73 Å². The van der Waals surface area contributed by atoms with Gasteiger partial charge in [-0.1, -0.05) is 28.1 Å². The molecule has 1 aromatic heterocycles. The first-order chi connectivity index (χ1) is 9.19. The number of hydrogen-bond acceptors (Lipinski definition) is 3. The molecule has 1 amide bonds. The molecule has 0 fully saturated rings. The minimum absolute atomic E-state index is 0.0193. The number of halogens is 1. The molecular formula is C14H15BrN2O2. The van der Waals surface area contributed by atoms with Crippen molar-refractivity contribution in [2.24, 2.45) is 0 Å². The van der Waals surface area contributed by atoms with Gasteiger partial charge in [0, 0.05) is 29.4 Å². The third-order valence-electron chi connectivity index (χ3n) is 2.62. The average molecular weight is 323 g/mol. The van der Waals surface area contributed by atoms with E-state index in [-0.39, 0.29) is 5.91 Å². The molecule has 100 valence electrons. The number of amides is 1. The summed E-state index contributed by atoms with van der Waals surface area (Å²) in [6, 6.07) is 7.81. The standard InChI is InChI=1S/C14H15BrN2O2/c1-2-16-13(18)7-8-14-17-9-12(19-14)10-3-5-11(15)6-4-10/h3-6,9H,2,7-8H2,1H3,(H,16,18). The molecule has 0 saturated carbocycles. The molecule has 1 N–H and O–H groups in total. The summed E-state index contributed by atoms with van der Waals surface area (Å²) >= 11 is 3.39. The van der Waals surface area contributed by atoms with Crippen molar-refractivity contribution in [3.8, 4) is 11.3 Å². The van der Waals surface area contributed by atoms with Crippen LogP contribution in [0.25, 0.3) is 11.3 Å². The van der Waals surface area contributed by atoms with E-state index in [2.05, 4.69) is 26.2 Å². The van der Waals surface area contributed by atoms with Gasteiger partial charge in [0.15, 0.2) is 11.7 Å². The number of rotatable bonds is 5. The Kier molecular flexibility index (Phi) is 4.74. The molecule has 0 aliphatic carbocycles. The molecule has 0 atom stereocenters. The summed E-state index contributed by atoms with van der Waals surface area (Å²) in [4.78, 5) is 15.5. The van der Waals surface area contributed by atoms with Crippen LogP contribution in [0.4, 0.5) is 0 Å². The van der Waals surface area contributed by atoms with Crippen molar-refractivity contribution in [1.82, 2.24) is 10.3 Å². The molecule has 2 aromatic rings. The molecular weight excluding hydrogens is 308 g/mol. The minimum Gasteiger partial charge on any atom is -0.441 e. The molecule has 0 aliphatic heterocycles. The Morgan fingerprint density at radius 2 is 2.11 bits per heavy atom. The van der Waals surface area contributed by atoms with Gasteiger partial charge in [-0.2, -0.15) is 0 Å². The molecule has 19 heavy (non-hydrogen) atoms. The van der Waals surface area contributed by atoms with Crippen LogP contribution in [0.5, 0.6) is 0 Å². The second-order valence-electron chi connectivity index (χ2n) is 4.08. The number of benzene rings is 1. The van der Waals surface area contributed by atoms with Crippen molar-refractivity contribution < 1.29 is 9.21 Å². The molecule has 0 radical (unpaired) electrons. The van der Waals surface area contributed by atoms with Gasteiger partial charge in [-0.05, 0) is 19.1 Å². The third kappa shape index (κ3) is 3.92. The van der Waals surface area contributed by atoms with Crippen LogP contribution in [0.2, 0.25) is 0 Å². The molecule has 5 heteroatoms. The number of carbonyl (C=O) groups is 1. The monoisotopic (exact) mass is 322 g/mol. The largest absolute Gasteiger partial charge is 0.441 e. The van der Waals surface area contributed by atoms with Crippen LogP contribution in [-0.4, -0.2) is 17.4 Å². The van der Waals surface area contributed by atoms with E-state index < -0.39 is 0 Å². The Bertz CT molecular complexity index is 549. The van der Waals surface area contributed by atoms with Gasteiger partial charge in [-0.3, -0.25) is 4.79 Å². The Hall–Kier alpha value is -1.62. The zero-order valence-electron chi connectivity index (χ0n) is 10.6. The number of hydrogen-bond donors (Lipinski definition) is 1. The van der Waals surface area contributed by atoms with E-state index in [9.17, 15) is 4.79 Å². The smallest absolute Gasteiger partial charge is 0.220 e. The summed E-state index contributed by atoms with van der Waals surface area (Å²) < 4.78 is 6.65. The van der Waals surface area contributed by atoms with E-state index in [4.69, 9.17) is 4.42 Å². The predicted octanol–water partition coefficient (Wildman–Crippen LogP) is 3.17. The number of aromatic nitrogens is 1. The SMILES string of the molecule is CCNC(=O)CCc1ncc(-c2ccc(Br)cc2)o1. The summed E-state index contributed by atoms with van der Waals surface area (Å²) in [5.74, 6) is 1.33. The van der Waals surface area contributed by atoms with Gasteiger partial charge in [-0.15, -0.1) is 0 Å². The summed E-state index contributed by atoms with van der Waals surface area (Å²) in [6.07, 6.45) is 2.60. The fourth-order valence-corrected chi connectivity index (χ4v) is 1.94. The number of nitrogens with one attached hydrogen (secondary N) is 1. The van der Waals surface area contributed by atoms with Crippen molar-refractivity contribution >= 4 is 21.8 Å². The molecule has 0 bridgehead atoms. The maximum atomic E-state index is 11.3. The highest BCUT2D eigenvalue weighted by Gasteiger charge is 2.08. The fourth-order valence-electron chi connectivity index (χ4n) is 1.68. The molecule has 0 saturated heterocycles. The highest BCUT2D eigenvalue weighted by molar-refractivity contribution is 9.10. The number of carbonyl (C=O) groups excluding carboxylic acids is 1. The van der Waals surface area contributed by atoms with Crippen molar-refractivity contribution in [2.45, 2.75) is 19.8 Å². The van der Waals surface area contributed by atoms with Gasteiger partial charge in [0.1, 0.15) is 0 Å². The van der Waals surface area contributed by atoms with E-state index >= 15 is 0 Å². The zero-order valence-corrected chi connectivity index (χ0v) is 12.2. The maximum Gasteiger partial charge on any atom is 0.220 e. The summed E-state index contributed by atoms with van der Waals surface area (Å²) in [5.41, 5.74) is 0.972. The number of aryl methyl sites for hydroxylation is 1. The Balaban J connectivity index is 1.99. The molecule has 0 spiro atoms. The molecule has 2 rings (SSSR count). The highest BCUT2D eigenvalue weighted by Crippen LogP contribution is 2.22. The first-order valence-electron chi connectivity index (χ1n) is 6.16. The van der Waals surface area contributed by atoms with Gasteiger partial charge >= 0.3 is 0 Å². The van der Waals surface area contributed by atoms with E-state index in [1.807, 2.05) is 31.2 Å². The lowest BCUT2D eigenvalue weighted by atomic mass is 10.2. The summed E-state index contributed by atoms with van der Waals surface area (Å²) in [5, 5.41) is 2.75. The minimum atomic E-state index is 0.0193. The van der Waals surface area contributed by atoms with Crippen molar-refractivity contribution in [3.05, 3.63) is 40.8 Å². The van der Waals surface area contributed by atoms with Crippen LogP contribution in [0.1, 0.15) is 19.2 Å². The number of oxazole rings is 1. The van der Waals surface area contributed by atoms with E-state index in [0.29, 0.717) is 25.3 Å². The first-order valence-corrected chi connectivity index (χ1v) is 6.95. The Morgan fingerprint density at radius 3 is 2.79 bits per heavy atom. The van der Waals surface area contributed by atoms with Crippen LogP contribution >= 0.6 is 15.9 Å². The number of nitrogens with zero attached hydrogens (tertiary/aromatic N) is 1. The van der Waals surface area contributed by atoms with Crippen LogP contribution < -0.4 is 5.32 Å². The highest BCUT2D eigenvalue weighted by atomic mass is 79.9. The molecule has 1 heterocycles. The normalized spacial score (nSPS) is 10.4. The van der Waals surface area contributed by atoms with E-state index in [0.717, 1.165) is 15.8 Å². The van der Waals surface area contributed by atoms with Gasteiger partial charge in [0.2, 0.25) is 5.91 Å². The maximum absolute atomic E-state index is 11.3. The van der Waals surface area contributed by atoms with Crippen LogP contribution in [0.3, 0.4) is 0 Å². The quantitative estimate of drug-likeness (QED) is 0.919. The van der Waals surface area contributed by atoms with E-state index in [1.54, 1.807) is 6.20 Å². The van der Waals surface area contributed by atoms with Gasteiger partial charge in [-0.25, -0.2) is 4.98 Å². The topological polar surface area (TPSA) is 55.1 Å². The van der Waals surface area contributed by atoms with Crippen molar-refractivity contribution in [2.75, 3.05) is 6.54 Å². The molecule has 1 aromatic carbocycles. The Morgan fingerprint density at radius 1 is 1.37 bits per heavy atom. The fraction of sp³-hybridized carbons (Fsp3) is 0.286. The first kappa shape index (κ1) is 13.8. The predicted molar refractivity (Wildman–Crippen MR) is 76.6 cm³/mol. The summed E-state index contributed by atoms with van der Waals surface area (Å²) in [7, 11) is 0. The lowest BCUT2D eigenvalue weighted by Gasteiger charge is -1.99. The van der Waals surface area contributed by atoms with Crippen LogP contribution in [0.15, 0.2) is 39.4 Å². The zero-order chi connectivity index (χ0) is 13.7. The lowest BCUT2D eigenvalue weighted by molar-refractivity contribution is -0.121. The second kappa shape index (κ2) is 6.52. The molecule has 4 nitrogen and oxygen atoms in total. The molecule has 0 aliphatic rings. The van der Waals surface area contributed by atoms with Gasteiger partial charge in [0.25, 0.3) is 0 Å². The second-order valence-corrected chi connectivity index (χ2v) is 4.99. The van der Waals surface area contributed by atoms with Crippen molar-refractivity contribution in [3.63, 3.8) is 0 Å². The van der Waals surface area contributed by atoms with Gasteiger partial charge in [0.05, 0.1) is 6.20 Å².